The second-order valence-electron chi connectivity index (χ2n) is 5.35. The van der Waals surface area contributed by atoms with Gasteiger partial charge in [0.25, 0.3) is 0 Å². The predicted octanol–water partition coefficient (Wildman–Crippen LogP) is 2.18. The van der Waals surface area contributed by atoms with E-state index in [-0.39, 0.29) is 18.6 Å². The van der Waals surface area contributed by atoms with E-state index in [0.717, 1.165) is 31.4 Å². The van der Waals surface area contributed by atoms with E-state index in [4.69, 9.17) is 0 Å². The molecule has 1 unspecified atom stereocenters. The Morgan fingerprint density at radius 3 is 2.62 bits per heavy atom. The summed E-state index contributed by atoms with van der Waals surface area (Å²) in [6, 6.07) is 9.79. The smallest absolute Gasteiger partial charge is 0.237 e. The number of nitrogens with one attached hydrogen (secondary N) is 1. The van der Waals surface area contributed by atoms with E-state index in [1.54, 1.807) is 0 Å². The Morgan fingerprint density at radius 1 is 1.29 bits per heavy atom. The van der Waals surface area contributed by atoms with Gasteiger partial charge in [-0.1, -0.05) is 50.1 Å². The fourth-order valence-electron chi connectivity index (χ4n) is 2.26. The fraction of sp³-hybridized carbons (Fsp3) is 0.588. The summed E-state index contributed by atoms with van der Waals surface area (Å²) >= 11 is 0. The lowest BCUT2D eigenvalue weighted by Crippen LogP contribution is -2.46. The van der Waals surface area contributed by atoms with Crippen molar-refractivity contribution in [2.75, 3.05) is 19.7 Å². The van der Waals surface area contributed by atoms with Crippen molar-refractivity contribution >= 4 is 5.91 Å². The highest BCUT2D eigenvalue weighted by Gasteiger charge is 2.20. The van der Waals surface area contributed by atoms with Gasteiger partial charge < -0.3 is 10.4 Å². The zero-order valence-corrected chi connectivity index (χ0v) is 13.2. The average Bonchev–Trinajstić information content (AvgIpc) is 2.51. The molecule has 0 heterocycles. The van der Waals surface area contributed by atoms with Gasteiger partial charge in [0.2, 0.25) is 5.91 Å². The van der Waals surface area contributed by atoms with Crippen molar-refractivity contribution < 1.29 is 9.90 Å². The molecule has 1 aromatic carbocycles. The normalized spacial score (nSPS) is 12.4. The second kappa shape index (κ2) is 10.4. The molecule has 1 rings (SSSR count). The molecule has 0 aliphatic carbocycles. The summed E-state index contributed by atoms with van der Waals surface area (Å²) in [4.78, 5) is 14.2. The van der Waals surface area contributed by atoms with Crippen LogP contribution >= 0.6 is 0 Å². The molecule has 21 heavy (non-hydrogen) atoms. The Labute approximate surface area is 128 Å². The number of aliphatic hydroxyl groups excluding tert-OH is 1. The lowest BCUT2D eigenvalue weighted by molar-refractivity contribution is -0.126. The standard InChI is InChI=1S/C17H28N2O2/c1-3-4-8-11-18-17(21)15(2)19(12-13-20)14-16-9-6-5-7-10-16/h5-7,9-10,15,20H,3-4,8,11-14H2,1-2H3,(H,18,21). The predicted molar refractivity (Wildman–Crippen MR) is 85.9 cm³/mol. The third-order valence-electron chi connectivity index (χ3n) is 3.62. The topological polar surface area (TPSA) is 52.6 Å². The van der Waals surface area contributed by atoms with Crippen LogP contribution in [0.2, 0.25) is 0 Å². The van der Waals surface area contributed by atoms with E-state index in [0.29, 0.717) is 13.1 Å². The lowest BCUT2D eigenvalue weighted by atomic mass is 10.1. The Morgan fingerprint density at radius 2 is 2.00 bits per heavy atom. The summed E-state index contributed by atoms with van der Waals surface area (Å²) in [6.45, 7) is 6.00. The first kappa shape index (κ1) is 17.7. The second-order valence-corrected chi connectivity index (χ2v) is 5.35. The van der Waals surface area contributed by atoms with Crippen molar-refractivity contribution in [1.29, 1.82) is 0 Å². The Bertz CT molecular complexity index is 395. The van der Waals surface area contributed by atoms with E-state index in [1.165, 1.54) is 0 Å². The summed E-state index contributed by atoms with van der Waals surface area (Å²) < 4.78 is 0. The van der Waals surface area contributed by atoms with Crippen molar-refractivity contribution in [2.24, 2.45) is 0 Å². The number of unbranched alkanes of at least 4 members (excludes halogenated alkanes) is 2. The molecule has 0 bridgehead atoms. The summed E-state index contributed by atoms with van der Waals surface area (Å²) in [5.41, 5.74) is 1.15. The number of amides is 1. The molecule has 0 radical (unpaired) electrons. The van der Waals surface area contributed by atoms with Crippen LogP contribution in [0.25, 0.3) is 0 Å². The highest BCUT2D eigenvalue weighted by molar-refractivity contribution is 5.81. The number of nitrogens with zero attached hydrogens (tertiary/aromatic N) is 1. The van der Waals surface area contributed by atoms with E-state index in [2.05, 4.69) is 12.2 Å². The quantitative estimate of drug-likeness (QED) is 0.650. The van der Waals surface area contributed by atoms with Crippen LogP contribution in [0.5, 0.6) is 0 Å². The van der Waals surface area contributed by atoms with Crippen LogP contribution in [0.15, 0.2) is 30.3 Å². The third kappa shape index (κ3) is 6.74. The van der Waals surface area contributed by atoms with Crippen molar-refractivity contribution in [3.05, 3.63) is 35.9 Å². The first-order chi connectivity index (χ1) is 10.2. The number of aliphatic hydroxyl groups is 1. The van der Waals surface area contributed by atoms with Crippen molar-refractivity contribution in [3.63, 3.8) is 0 Å². The number of hydrogen-bond donors (Lipinski definition) is 2. The summed E-state index contributed by atoms with van der Waals surface area (Å²) in [7, 11) is 0. The molecule has 2 N–H and O–H groups in total. The largest absolute Gasteiger partial charge is 0.395 e. The van der Waals surface area contributed by atoms with Gasteiger partial charge in [-0.25, -0.2) is 0 Å². The monoisotopic (exact) mass is 292 g/mol. The van der Waals surface area contributed by atoms with Gasteiger partial charge in [0.15, 0.2) is 0 Å². The summed E-state index contributed by atoms with van der Waals surface area (Å²) in [5.74, 6) is 0.0375. The van der Waals surface area contributed by atoms with Crippen LogP contribution in [0.4, 0.5) is 0 Å². The van der Waals surface area contributed by atoms with E-state index < -0.39 is 0 Å². The Hall–Kier alpha value is -1.39. The van der Waals surface area contributed by atoms with Crippen LogP contribution in [-0.4, -0.2) is 41.7 Å². The SMILES string of the molecule is CCCCCNC(=O)C(C)N(CCO)Cc1ccccc1. The number of hydrogen-bond acceptors (Lipinski definition) is 3. The molecule has 4 nitrogen and oxygen atoms in total. The molecule has 0 aliphatic rings. The number of rotatable bonds is 10. The zero-order chi connectivity index (χ0) is 15.5. The van der Waals surface area contributed by atoms with Crippen LogP contribution in [-0.2, 0) is 11.3 Å². The third-order valence-corrected chi connectivity index (χ3v) is 3.62. The van der Waals surface area contributed by atoms with Gasteiger partial charge in [-0.3, -0.25) is 9.69 Å². The molecule has 1 atom stereocenters. The number of carbonyl (C=O) groups excluding carboxylic acids is 1. The van der Waals surface area contributed by atoms with Gasteiger partial charge >= 0.3 is 0 Å². The zero-order valence-electron chi connectivity index (χ0n) is 13.2. The molecule has 0 aliphatic heterocycles. The molecule has 0 fully saturated rings. The molecule has 0 aromatic heterocycles. The Kier molecular flexibility index (Phi) is 8.71. The van der Waals surface area contributed by atoms with Crippen molar-refractivity contribution in [1.82, 2.24) is 10.2 Å². The molecule has 118 valence electrons. The highest BCUT2D eigenvalue weighted by Crippen LogP contribution is 2.08. The van der Waals surface area contributed by atoms with Gasteiger partial charge in [0.05, 0.1) is 12.6 Å². The number of carbonyl (C=O) groups is 1. The lowest BCUT2D eigenvalue weighted by Gasteiger charge is -2.27. The van der Waals surface area contributed by atoms with Crippen LogP contribution in [0.1, 0.15) is 38.7 Å². The molecule has 1 amide bonds. The molecular formula is C17H28N2O2. The number of benzene rings is 1. The first-order valence-electron chi connectivity index (χ1n) is 7.85. The Balaban J connectivity index is 2.51. The molecular weight excluding hydrogens is 264 g/mol. The maximum Gasteiger partial charge on any atom is 0.237 e. The highest BCUT2D eigenvalue weighted by atomic mass is 16.3. The van der Waals surface area contributed by atoms with Crippen molar-refractivity contribution in [2.45, 2.75) is 45.7 Å². The van der Waals surface area contributed by atoms with Crippen molar-refractivity contribution in [3.8, 4) is 0 Å². The fourth-order valence-corrected chi connectivity index (χ4v) is 2.26. The molecule has 4 heteroatoms. The van der Waals surface area contributed by atoms with E-state index in [9.17, 15) is 9.90 Å². The average molecular weight is 292 g/mol. The van der Waals surface area contributed by atoms with Gasteiger partial charge in [-0.05, 0) is 18.9 Å². The summed E-state index contributed by atoms with van der Waals surface area (Å²) in [5, 5.41) is 12.2. The minimum atomic E-state index is -0.237. The minimum Gasteiger partial charge on any atom is -0.395 e. The van der Waals surface area contributed by atoms with Gasteiger partial charge in [-0.2, -0.15) is 0 Å². The van der Waals surface area contributed by atoms with Gasteiger partial charge in [0, 0.05) is 19.6 Å². The summed E-state index contributed by atoms with van der Waals surface area (Å²) in [6.07, 6.45) is 3.31. The van der Waals surface area contributed by atoms with Crippen LogP contribution < -0.4 is 5.32 Å². The molecule has 0 spiro atoms. The van der Waals surface area contributed by atoms with E-state index >= 15 is 0 Å². The van der Waals surface area contributed by atoms with Crippen LogP contribution in [0, 0.1) is 0 Å². The van der Waals surface area contributed by atoms with Gasteiger partial charge in [0.1, 0.15) is 0 Å². The molecule has 0 saturated heterocycles. The maximum absolute atomic E-state index is 12.2. The minimum absolute atomic E-state index is 0.0375. The first-order valence-corrected chi connectivity index (χ1v) is 7.85. The van der Waals surface area contributed by atoms with Gasteiger partial charge in [-0.15, -0.1) is 0 Å². The van der Waals surface area contributed by atoms with E-state index in [1.807, 2.05) is 42.2 Å². The molecule has 1 aromatic rings. The van der Waals surface area contributed by atoms with Crippen LogP contribution in [0.3, 0.4) is 0 Å². The maximum atomic E-state index is 12.2. The molecule has 0 saturated carbocycles.